The van der Waals surface area contributed by atoms with E-state index in [1.165, 1.54) is 25.6 Å². The highest BCUT2D eigenvalue weighted by Gasteiger charge is 2.07. The predicted molar refractivity (Wildman–Crippen MR) is 62.9 cm³/mol. The van der Waals surface area contributed by atoms with E-state index in [2.05, 4.69) is 15.3 Å². The van der Waals surface area contributed by atoms with Gasteiger partial charge >= 0.3 is 0 Å². The van der Waals surface area contributed by atoms with Crippen LogP contribution in [0.2, 0.25) is 0 Å². The summed E-state index contributed by atoms with van der Waals surface area (Å²) >= 11 is 0. The Morgan fingerprint density at radius 3 is 2.78 bits per heavy atom. The first-order valence-corrected chi connectivity index (χ1v) is 5.12. The van der Waals surface area contributed by atoms with Gasteiger partial charge in [0.25, 0.3) is 5.91 Å². The Morgan fingerprint density at radius 2 is 2.17 bits per heavy atom. The van der Waals surface area contributed by atoms with Crippen LogP contribution >= 0.6 is 0 Å². The van der Waals surface area contributed by atoms with Crippen LogP contribution in [0.25, 0.3) is 0 Å². The maximum atomic E-state index is 12.8. The molecule has 92 valence electrons. The summed E-state index contributed by atoms with van der Waals surface area (Å²) in [5.41, 5.74) is 0.691. The molecule has 2 heterocycles. The first kappa shape index (κ1) is 12.0. The summed E-state index contributed by atoms with van der Waals surface area (Å²) in [6.45, 7) is 0. The molecule has 0 aliphatic carbocycles. The van der Waals surface area contributed by atoms with E-state index >= 15 is 0 Å². The molecule has 6 heteroatoms. The largest absolute Gasteiger partial charge is 0.481 e. The molecular formula is C12H10FN3O2. The van der Waals surface area contributed by atoms with Crippen molar-refractivity contribution in [1.82, 2.24) is 9.97 Å². The van der Waals surface area contributed by atoms with Crippen molar-refractivity contribution in [2.24, 2.45) is 0 Å². The molecule has 2 aromatic rings. The van der Waals surface area contributed by atoms with Crippen LogP contribution in [0.4, 0.5) is 10.1 Å². The number of hydrogen-bond donors (Lipinski definition) is 1. The van der Waals surface area contributed by atoms with E-state index < -0.39 is 11.9 Å². The van der Waals surface area contributed by atoms with Gasteiger partial charge in [-0.2, -0.15) is 4.39 Å². The zero-order valence-electron chi connectivity index (χ0n) is 9.55. The fourth-order valence-corrected chi connectivity index (χ4v) is 1.32. The molecule has 2 rings (SSSR count). The van der Waals surface area contributed by atoms with Gasteiger partial charge < -0.3 is 10.1 Å². The van der Waals surface area contributed by atoms with Crippen LogP contribution in [0.15, 0.2) is 36.7 Å². The zero-order valence-corrected chi connectivity index (χ0v) is 9.55. The number of rotatable bonds is 3. The number of halogens is 1. The highest BCUT2D eigenvalue weighted by Crippen LogP contribution is 2.12. The molecule has 0 aromatic carbocycles. The second-order valence-corrected chi connectivity index (χ2v) is 3.41. The number of methoxy groups -OCH3 is 1. The number of nitrogens with one attached hydrogen (secondary N) is 1. The Bertz CT molecular complexity index is 558. The van der Waals surface area contributed by atoms with Gasteiger partial charge in [-0.05, 0) is 12.1 Å². The van der Waals surface area contributed by atoms with Gasteiger partial charge in [0.2, 0.25) is 11.8 Å². The summed E-state index contributed by atoms with van der Waals surface area (Å²) in [5.74, 6) is -0.679. The van der Waals surface area contributed by atoms with Gasteiger partial charge in [0.1, 0.15) is 0 Å². The molecule has 0 unspecified atom stereocenters. The van der Waals surface area contributed by atoms with Crippen molar-refractivity contribution in [3.05, 3.63) is 48.2 Å². The van der Waals surface area contributed by atoms with Gasteiger partial charge in [-0.1, -0.05) is 0 Å². The Labute approximate surface area is 103 Å². The Balaban J connectivity index is 2.11. The smallest absolute Gasteiger partial charge is 0.255 e. The Morgan fingerprint density at radius 1 is 1.33 bits per heavy atom. The van der Waals surface area contributed by atoms with Crippen molar-refractivity contribution < 1.29 is 13.9 Å². The number of anilines is 1. The minimum atomic E-state index is -0.699. The lowest BCUT2D eigenvalue weighted by atomic mass is 10.2. The summed E-state index contributed by atoms with van der Waals surface area (Å²) in [5, 5.41) is 2.59. The van der Waals surface area contributed by atoms with E-state index in [0.717, 1.165) is 6.07 Å². The molecule has 0 aliphatic rings. The lowest BCUT2D eigenvalue weighted by Gasteiger charge is -2.05. The molecule has 0 atom stereocenters. The monoisotopic (exact) mass is 247 g/mol. The number of carbonyl (C=O) groups excluding carboxylic acids is 1. The van der Waals surface area contributed by atoms with E-state index in [-0.39, 0.29) is 5.56 Å². The zero-order chi connectivity index (χ0) is 13.0. The number of pyridine rings is 2. The molecule has 1 N–H and O–H groups in total. The van der Waals surface area contributed by atoms with Gasteiger partial charge in [0.15, 0.2) is 0 Å². The third-order valence-corrected chi connectivity index (χ3v) is 2.19. The predicted octanol–water partition coefficient (Wildman–Crippen LogP) is 1.88. The van der Waals surface area contributed by atoms with Gasteiger partial charge in [-0.15, -0.1) is 0 Å². The Hall–Kier alpha value is -2.50. The number of carbonyl (C=O) groups is 1. The summed E-state index contributed by atoms with van der Waals surface area (Å²) in [6.07, 6.45) is 2.69. The van der Waals surface area contributed by atoms with Gasteiger partial charge in [0.05, 0.1) is 19.0 Å². The molecule has 5 nitrogen and oxygen atoms in total. The molecule has 0 fully saturated rings. The normalized spacial score (nSPS) is 9.89. The van der Waals surface area contributed by atoms with E-state index in [1.807, 2.05) is 0 Å². The number of amides is 1. The van der Waals surface area contributed by atoms with Crippen LogP contribution in [0.5, 0.6) is 5.88 Å². The molecule has 1 amide bonds. The molecule has 0 radical (unpaired) electrons. The fourth-order valence-electron chi connectivity index (χ4n) is 1.32. The minimum Gasteiger partial charge on any atom is -0.481 e. The van der Waals surface area contributed by atoms with Crippen LogP contribution in [-0.4, -0.2) is 23.0 Å². The summed E-state index contributed by atoms with van der Waals surface area (Å²) in [6, 6.07) is 5.74. The summed E-state index contributed by atoms with van der Waals surface area (Å²) in [4.78, 5) is 19.1. The molecule has 0 aliphatic heterocycles. The fraction of sp³-hybridized carbons (Fsp3) is 0.0833. The number of aromatic nitrogens is 2. The highest BCUT2D eigenvalue weighted by molar-refractivity contribution is 6.04. The van der Waals surface area contributed by atoms with Crippen molar-refractivity contribution in [3.8, 4) is 5.88 Å². The highest BCUT2D eigenvalue weighted by atomic mass is 19.1. The van der Waals surface area contributed by atoms with Crippen molar-refractivity contribution >= 4 is 11.6 Å². The summed E-state index contributed by atoms with van der Waals surface area (Å²) < 4.78 is 17.7. The van der Waals surface area contributed by atoms with E-state index in [1.54, 1.807) is 12.1 Å². The molecule has 18 heavy (non-hydrogen) atoms. The van der Waals surface area contributed by atoms with Crippen LogP contribution < -0.4 is 10.1 Å². The molecule has 0 bridgehead atoms. The standard InChI is InChI=1S/C12H10FN3O2/c1-18-11-3-2-9(7-15-11)16-12(17)8-4-5-14-10(13)6-8/h2-7H,1H3,(H,16,17). The second-order valence-electron chi connectivity index (χ2n) is 3.41. The van der Waals surface area contributed by atoms with Crippen molar-refractivity contribution in [3.63, 3.8) is 0 Å². The molecule has 0 saturated carbocycles. The first-order valence-electron chi connectivity index (χ1n) is 5.12. The second kappa shape index (κ2) is 5.22. The Kier molecular flexibility index (Phi) is 3.47. The van der Waals surface area contributed by atoms with Crippen molar-refractivity contribution in [2.45, 2.75) is 0 Å². The topological polar surface area (TPSA) is 64.1 Å². The molecular weight excluding hydrogens is 237 g/mol. The van der Waals surface area contributed by atoms with Crippen LogP contribution in [0.1, 0.15) is 10.4 Å². The number of ether oxygens (including phenoxy) is 1. The van der Waals surface area contributed by atoms with Crippen LogP contribution in [-0.2, 0) is 0 Å². The van der Waals surface area contributed by atoms with Gasteiger partial charge in [0, 0.05) is 23.9 Å². The third-order valence-electron chi connectivity index (χ3n) is 2.19. The maximum Gasteiger partial charge on any atom is 0.255 e. The van der Waals surface area contributed by atoms with Gasteiger partial charge in [-0.3, -0.25) is 4.79 Å². The first-order chi connectivity index (χ1) is 8.69. The molecule has 0 spiro atoms. The average Bonchev–Trinajstić information content (AvgIpc) is 2.39. The molecule has 0 saturated heterocycles. The number of nitrogens with zero attached hydrogens (tertiary/aromatic N) is 2. The SMILES string of the molecule is COc1ccc(NC(=O)c2ccnc(F)c2)cn1. The van der Waals surface area contributed by atoms with E-state index in [9.17, 15) is 9.18 Å². The minimum absolute atomic E-state index is 0.193. The molecule has 2 aromatic heterocycles. The summed E-state index contributed by atoms with van der Waals surface area (Å²) in [7, 11) is 1.50. The van der Waals surface area contributed by atoms with Gasteiger partial charge in [-0.25, -0.2) is 9.97 Å². The van der Waals surface area contributed by atoms with Crippen molar-refractivity contribution in [1.29, 1.82) is 0 Å². The van der Waals surface area contributed by atoms with Crippen LogP contribution in [0.3, 0.4) is 0 Å². The van der Waals surface area contributed by atoms with E-state index in [4.69, 9.17) is 4.74 Å². The quantitative estimate of drug-likeness (QED) is 0.841. The lowest BCUT2D eigenvalue weighted by molar-refractivity contribution is 0.102. The maximum absolute atomic E-state index is 12.8. The third kappa shape index (κ3) is 2.79. The van der Waals surface area contributed by atoms with E-state index in [0.29, 0.717) is 11.6 Å². The average molecular weight is 247 g/mol. The number of hydrogen-bond acceptors (Lipinski definition) is 4. The van der Waals surface area contributed by atoms with Crippen LogP contribution in [0, 0.1) is 5.95 Å². The van der Waals surface area contributed by atoms with Crippen molar-refractivity contribution in [2.75, 3.05) is 12.4 Å². The lowest BCUT2D eigenvalue weighted by Crippen LogP contribution is -2.12.